The predicted octanol–water partition coefficient (Wildman–Crippen LogP) is -5.44. The van der Waals surface area contributed by atoms with E-state index < -0.39 is 11.9 Å². The number of carboxylic acid groups (broad SMARTS) is 2. The van der Waals surface area contributed by atoms with Crippen LogP contribution in [0.4, 0.5) is 0 Å². The molecule has 0 bridgehead atoms. The first-order chi connectivity index (χ1) is 4.54. The molecule has 0 fully saturated rings. The number of aliphatic carboxylic acids is 2. The summed E-state index contributed by atoms with van der Waals surface area (Å²) in [5, 5.41) is 18.3. The van der Waals surface area contributed by atoms with Crippen LogP contribution in [0.2, 0.25) is 0 Å². The van der Waals surface area contributed by atoms with Crippen molar-refractivity contribution in [3.05, 3.63) is 0 Å². The normalized spacial score (nSPS) is 6.17. The van der Waals surface area contributed by atoms with E-state index in [2.05, 4.69) is 11.5 Å². The number of carbonyl (C=O) groups is 2. The van der Waals surface area contributed by atoms with Gasteiger partial charge in [0.15, 0.2) is 0 Å². The second-order valence-corrected chi connectivity index (χ2v) is 1.15. The van der Waals surface area contributed by atoms with E-state index in [4.69, 9.17) is 19.8 Å². The first-order valence-electron chi connectivity index (χ1n) is 2.34. The van der Waals surface area contributed by atoms with Gasteiger partial charge in [-0.3, -0.25) is 0 Å². The zero-order valence-electron chi connectivity index (χ0n) is 6.41. The van der Waals surface area contributed by atoms with E-state index in [1.165, 1.54) is 0 Å². The Morgan fingerprint density at radius 3 is 1.08 bits per heavy atom. The molecule has 0 aromatic rings. The second-order valence-electron chi connectivity index (χ2n) is 1.15. The Hall–Kier alpha value is -0.557. The van der Waals surface area contributed by atoms with Gasteiger partial charge in [-0.2, -0.15) is 0 Å². The molecule has 0 spiro atoms. The number of hydrogen-bond donors (Lipinski definition) is 2. The van der Waals surface area contributed by atoms with Crippen molar-refractivity contribution in [3.63, 3.8) is 0 Å². The Morgan fingerprint density at radius 2 is 1.08 bits per heavy atom. The van der Waals surface area contributed by atoms with E-state index >= 15 is 0 Å². The average Bonchev–Trinajstić information content (AvgIpc) is 1.89. The molecule has 0 unspecified atom stereocenters. The summed E-state index contributed by atoms with van der Waals surface area (Å²) in [5.74, 6) is -2.44. The van der Waals surface area contributed by atoms with Crippen LogP contribution >= 0.6 is 0 Å². The van der Waals surface area contributed by atoms with Gasteiger partial charge in [0.05, 0.1) is 11.9 Å². The summed E-state index contributed by atoms with van der Waals surface area (Å²) in [6.45, 7) is -0.778. The zero-order valence-corrected chi connectivity index (χ0v) is 9.38. The van der Waals surface area contributed by atoms with Crippen molar-refractivity contribution in [2.45, 2.75) is 0 Å². The molecule has 12 heavy (non-hydrogen) atoms. The summed E-state index contributed by atoms with van der Waals surface area (Å²) in [6.07, 6.45) is 0. The first-order valence-corrected chi connectivity index (χ1v) is 2.34. The van der Waals surface area contributed by atoms with Crippen molar-refractivity contribution in [2.75, 3.05) is 13.1 Å². The molecular formula is C4H10N2O5Zn-2. The molecule has 0 rings (SSSR count). The SMILES string of the molecule is NCC(=O)[O-].NCC(=O)[O-].O.[Zn]. The van der Waals surface area contributed by atoms with E-state index in [1.807, 2.05) is 0 Å². The summed E-state index contributed by atoms with van der Waals surface area (Å²) in [4.78, 5) is 18.3. The molecule has 6 N–H and O–H groups in total. The second kappa shape index (κ2) is 16.8. The molecule has 8 heteroatoms. The van der Waals surface area contributed by atoms with Crippen molar-refractivity contribution < 1.29 is 44.8 Å². The van der Waals surface area contributed by atoms with Crippen LogP contribution in [-0.4, -0.2) is 30.5 Å². The fraction of sp³-hybridized carbons (Fsp3) is 0.500. The monoisotopic (exact) mass is 230 g/mol. The summed E-state index contributed by atoms with van der Waals surface area (Å²) < 4.78 is 0. The van der Waals surface area contributed by atoms with E-state index in [-0.39, 0.29) is 38.0 Å². The molecule has 0 atom stereocenters. The van der Waals surface area contributed by atoms with E-state index in [0.717, 1.165) is 0 Å². The summed E-state index contributed by atoms with van der Waals surface area (Å²) >= 11 is 0. The topological polar surface area (TPSA) is 164 Å². The van der Waals surface area contributed by atoms with Gasteiger partial charge in [0.1, 0.15) is 0 Å². The van der Waals surface area contributed by atoms with Crippen molar-refractivity contribution in [2.24, 2.45) is 11.5 Å². The molecule has 0 aliphatic rings. The molecule has 0 aliphatic carbocycles. The fourth-order valence-corrected chi connectivity index (χ4v) is 0. The van der Waals surface area contributed by atoms with Crippen LogP contribution in [0.25, 0.3) is 0 Å². The third kappa shape index (κ3) is 56.8. The summed E-state index contributed by atoms with van der Waals surface area (Å²) in [7, 11) is 0. The number of rotatable bonds is 2. The van der Waals surface area contributed by atoms with E-state index in [9.17, 15) is 0 Å². The van der Waals surface area contributed by atoms with Gasteiger partial charge < -0.3 is 36.7 Å². The van der Waals surface area contributed by atoms with Crippen LogP contribution in [0.15, 0.2) is 0 Å². The van der Waals surface area contributed by atoms with Crippen molar-refractivity contribution in [3.8, 4) is 0 Å². The Labute approximate surface area is 81.8 Å². The van der Waals surface area contributed by atoms with Crippen molar-refractivity contribution in [1.82, 2.24) is 0 Å². The van der Waals surface area contributed by atoms with Gasteiger partial charge in [-0.25, -0.2) is 0 Å². The Morgan fingerprint density at radius 1 is 1.00 bits per heavy atom. The van der Waals surface area contributed by atoms with Crippen LogP contribution in [0.3, 0.4) is 0 Å². The summed E-state index contributed by atoms with van der Waals surface area (Å²) in [5.41, 5.74) is 9.02. The van der Waals surface area contributed by atoms with Gasteiger partial charge in [-0.15, -0.1) is 0 Å². The van der Waals surface area contributed by atoms with Gasteiger partial charge in [0, 0.05) is 32.6 Å². The minimum absolute atomic E-state index is 0. The molecule has 0 aromatic carbocycles. The van der Waals surface area contributed by atoms with Gasteiger partial charge >= 0.3 is 0 Å². The van der Waals surface area contributed by atoms with Gasteiger partial charge in [-0.1, -0.05) is 0 Å². The molecule has 0 saturated heterocycles. The molecule has 7 nitrogen and oxygen atoms in total. The Balaban J connectivity index is -0.0000000457. The smallest absolute Gasteiger partial charge is 0.0550 e. The van der Waals surface area contributed by atoms with E-state index in [1.54, 1.807) is 0 Å². The number of carboxylic acids is 2. The Kier molecular flexibility index (Phi) is 31.6. The molecule has 0 heterocycles. The molecule has 0 amide bonds. The van der Waals surface area contributed by atoms with E-state index in [0.29, 0.717) is 0 Å². The molecule has 0 saturated carbocycles. The third-order valence-electron chi connectivity index (χ3n) is 0.333. The molecule has 70 valence electrons. The molecular weight excluding hydrogens is 221 g/mol. The van der Waals surface area contributed by atoms with Crippen molar-refractivity contribution in [1.29, 1.82) is 0 Å². The van der Waals surface area contributed by atoms with Crippen LogP contribution in [0.5, 0.6) is 0 Å². The van der Waals surface area contributed by atoms with Gasteiger partial charge in [0.2, 0.25) is 0 Å². The zero-order chi connectivity index (χ0) is 8.57. The standard InChI is InChI=1S/2C2H5NO2.H2O.Zn/c2*3-1-2(4)5;;/h2*1,3H2,(H,4,5);1H2;/p-2. The predicted molar refractivity (Wildman–Crippen MR) is 31.7 cm³/mol. The minimum Gasteiger partial charge on any atom is -0.549 e. The maximum Gasteiger partial charge on any atom is 0.0550 e. The minimum atomic E-state index is -1.22. The quantitative estimate of drug-likeness (QED) is 0.450. The maximum absolute atomic E-state index is 9.13. The Bertz CT molecular complexity index is 106. The number of hydrogen-bond acceptors (Lipinski definition) is 6. The average molecular weight is 232 g/mol. The molecule has 0 aromatic heterocycles. The van der Waals surface area contributed by atoms with Crippen LogP contribution in [0.1, 0.15) is 0 Å². The maximum atomic E-state index is 9.13. The van der Waals surface area contributed by atoms with Gasteiger partial charge in [-0.05, 0) is 0 Å². The fourth-order valence-electron chi connectivity index (χ4n) is 0. The van der Waals surface area contributed by atoms with Crippen molar-refractivity contribution >= 4 is 11.9 Å². The summed E-state index contributed by atoms with van der Waals surface area (Å²) in [6, 6.07) is 0. The third-order valence-corrected chi connectivity index (χ3v) is 0.333. The molecule has 0 radical (unpaired) electrons. The van der Waals surface area contributed by atoms with Gasteiger partial charge in [0.25, 0.3) is 0 Å². The van der Waals surface area contributed by atoms with Crippen LogP contribution in [-0.2, 0) is 29.1 Å². The molecule has 0 aliphatic heterocycles. The number of nitrogens with two attached hydrogens (primary N) is 2. The largest absolute Gasteiger partial charge is 0.549 e. The first kappa shape index (κ1) is 22.5. The van der Waals surface area contributed by atoms with Crippen LogP contribution in [0, 0.1) is 0 Å². The van der Waals surface area contributed by atoms with Crippen LogP contribution < -0.4 is 21.7 Å². The number of carbonyl (C=O) groups excluding carboxylic acids is 2.